The quantitative estimate of drug-likeness (QED) is 0.816. The van der Waals surface area contributed by atoms with Gasteiger partial charge in [0.15, 0.2) is 0 Å². The van der Waals surface area contributed by atoms with Crippen molar-refractivity contribution in [1.82, 2.24) is 10.6 Å². The van der Waals surface area contributed by atoms with Crippen LogP contribution in [0.1, 0.15) is 39.0 Å². The summed E-state index contributed by atoms with van der Waals surface area (Å²) in [7, 11) is 0. The molecule has 20 heavy (non-hydrogen) atoms. The highest BCUT2D eigenvalue weighted by molar-refractivity contribution is 5.85. The molecule has 4 nitrogen and oxygen atoms in total. The summed E-state index contributed by atoms with van der Waals surface area (Å²) in [5, 5.41) is 6.51. The van der Waals surface area contributed by atoms with Crippen molar-refractivity contribution in [2.45, 2.75) is 39.0 Å². The number of halogens is 1. The first-order valence-electron chi connectivity index (χ1n) is 7.81. The highest BCUT2D eigenvalue weighted by Crippen LogP contribution is 2.22. The summed E-state index contributed by atoms with van der Waals surface area (Å²) in [5.74, 6) is 1.88. The fraction of sp³-hybridized carbons (Fsp3) is 0.933. The van der Waals surface area contributed by atoms with Gasteiger partial charge in [-0.3, -0.25) is 4.79 Å². The van der Waals surface area contributed by atoms with Gasteiger partial charge in [-0.2, -0.15) is 0 Å². The van der Waals surface area contributed by atoms with E-state index in [0.717, 1.165) is 39.3 Å². The number of rotatable bonds is 5. The molecule has 2 saturated heterocycles. The molecule has 2 rings (SSSR count). The molecule has 5 heteroatoms. The van der Waals surface area contributed by atoms with Gasteiger partial charge in [-0.15, -0.1) is 12.4 Å². The van der Waals surface area contributed by atoms with Gasteiger partial charge in [0.05, 0.1) is 6.61 Å². The van der Waals surface area contributed by atoms with E-state index in [1.165, 1.54) is 19.3 Å². The molecule has 2 aliphatic heterocycles. The smallest absolute Gasteiger partial charge is 0.220 e. The van der Waals surface area contributed by atoms with Crippen molar-refractivity contribution in [3.63, 3.8) is 0 Å². The number of hydrogen-bond acceptors (Lipinski definition) is 3. The van der Waals surface area contributed by atoms with Gasteiger partial charge in [0.2, 0.25) is 5.91 Å². The van der Waals surface area contributed by atoms with Gasteiger partial charge in [0.25, 0.3) is 0 Å². The Morgan fingerprint density at radius 3 is 2.90 bits per heavy atom. The number of nitrogens with one attached hydrogen (secondary N) is 2. The summed E-state index contributed by atoms with van der Waals surface area (Å²) in [5.41, 5.74) is 0. The number of amides is 1. The predicted octanol–water partition coefficient (Wildman–Crippen LogP) is 1.98. The van der Waals surface area contributed by atoms with E-state index in [2.05, 4.69) is 17.6 Å². The van der Waals surface area contributed by atoms with Gasteiger partial charge in [0.1, 0.15) is 0 Å². The van der Waals surface area contributed by atoms with Crippen LogP contribution in [0.5, 0.6) is 0 Å². The fourth-order valence-corrected chi connectivity index (χ4v) is 3.12. The monoisotopic (exact) mass is 304 g/mol. The van der Waals surface area contributed by atoms with E-state index in [4.69, 9.17) is 4.74 Å². The Hall–Kier alpha value is -0.320. The SMILES string of the molecule is CC(CC(=O)NCC1CCCOC1)C1CCCNC1.Cl. The lowest BCUT2D eigenvalue weighted by Crippen LogP contribution is -2.37. The number of hydrogen-bond donors (Lipinski definition) is 2. The summed E-state index contributed by atoms with van der Waals surface area (Å²) in [6, 6.07) is 0. The highest BCUT2D eigenvalue weighted by atomic mass is 35.5. The van der Waals surface area contributed by atoms with Crippen LogP contribution in [0, 0.1) is 17.8 Å². The average molecular weight is 305 g/mol. The van der Waals surface area contributed by atoms with Crippen molar-refractivity contribution in [1.29, 1.82) is 0 Å². The third-order valence-electron chi connectivity index (χ3n) is 4.49. The van der Waals surface area contributed by atoms with Gasteiger partial charge >= 0.3 is 0 Å². The van der Waals surface area contributed by atoms with Crippen LogP contribution in [0.25, 0.3) is 0 Å². The molecule has 2 aliphatic rings. The average Bonchev–Trinajstić information content (AvgIpc) is 2.47. The van der Waals surface area contributed by atoms with Crippen molar-refractivity contribution >= 4 is 18.3 Å². The molecule has 0 aromatic rings. The van der Waals surface area contributed by atoms with Crippen LogP contribution in [0.3, 0.4) is 0 Å². The van der Waals surface area contributed by atoms with E-state index in [-0.39, 0.29) is 18.3 Å². The molecule has 2 heterocycles. The molecule has 3 unspecified atom stereocenters. The van der Waals surface area contributed by atoms with E-state index in [1.807, 2.05) is 0 Å². The van der Waals surface area contributed by atoms with Gasteiger partial charge in [0, 0.05) is 19.6 Å². The van der Waals surface area contributed by atoms with Gasteiger partial charge in [-0.05, 0) is 56.5 Å². The highest BCUT2D eigenvalue weighted by Gasteiger charge is 2.22. The van der Waals surface area contributed by atoms with Gasteiger partial charge < -0.3 is 15.4 Å². The Balaban J connectivity index is 0.00000200. The molecule has 2 N–H and O–H groups in total. The van der Waals surface area contributed by atoms with E-state index in [0.29, 0.717) is 24.2 Å². The predicted molar refractivity (Wildman–Crippen MR) is 83.2 cm³/mol. The standard InChI is InChI=1S/C15H28N2O2.ClH/c1-12(14-5-2-6-16-10-14)8-15(18)17-9-13-4-3-7-19-11-13;/h12-14,16H,2-11H2,1H3,(H,17,18);1H. The van der Waals surface area contributed by atoms with Crippen molar-refractivity contribution < 1.29 is 9.53 Å². The second-order valence-corrected chi connectivity index (χ2v) is 6.18. The maximum absolute atomic E-state index is 12.0. The summed E-state index contributed by atoms with van der Waals surface area (Å²) in [6.07, 6.45) is 5.49. The summed E-state index contributed by atoms with van der Waals surface area (Å²) >= 11 is 0. The molecule has 2 fully saturated rings. The maximum Gasteiger partial charge on any atom is 0.220 e. The Morgan fingerprint density at radius 2 is 2.25 bits per heavy atom. The Morgan fingerprint density at radius 1 is 1.40 bits per heavy atom. The molecule has 1 amide bonds. The molecular weight excluding hydrogens is 276 g/mol. The summed E-state index contributed by atoms with van der Waals surface area (Å²) < 4.78 is 5.43. The van der Waals surface area contributed by atoms with Gasteiger partial charge in [-0.25, -0.2) is 0 Å². The zero-order valence-corrected chi connectivity index (χ0v) is 13.3. The van der Waals surface area contributed by atoms with Crippen LogP contribution in [0.2, 0.25) is 0 Å². The van der Waals surface area contributed by atoms with Crippen molar-refractivity contribution in [3.05, 3.63) is 0 Å². The summed E-state index contributed by atoms with van der Waals surface area (Å²) in [6.45, 7) is 6.90. The molecule has 3 atom stereocenters. The topological polar surface area (TPSA) is 50.4 Å². The lowest BCUT2D eigenvalue weighted by Gasteiger charge is -2.28. The third-order valence-corrected chi connectivity index (χ3v) is 4.49. The molecule has 0 bridgehead atoms. The molecule has 0 spiro atoms. The number of carbonyl (C=O) groups is 1. The van der Waals surface area contributed by atoms with E-state index >= 15 is 0 Å². The van der Waals surface area contributed by atoms with Crippen LogP contribution in [-0.2, 0) is 9.53 Å². The van der Waals surface area contributed by atoms with Crippen LogP contribution >= 0.6 is 12.4 Å². The van der Waals surface area contributed by atoms with Crippen molar-refractivity contribution in [3.8, 4) is 0 Å². The minimum Gasteiger partial charge on any atom is -0.381 e. The lowest BCUT2D eigenvalue weighted by atomic mass is 9.85. The normalized spacial score (nSPS) is 28.2. The second kappa shape index (κ2) is 9.59. The van der Waals surface area contributed by atoms with Crippen molar-refractivity contribution in [2.75, 3.05) is 32.8 Å². The lowest BCUT2D eigenvalue weighted by molar-refractivity contribution is -0.122. The molecular formula is C15H29ClN2O2. The zero-order valence-electron chi connectivity index (χ0n) is 12.5. The van der Waals surface area contributed by atoms with E-state index in [1.54, 1.807) is 0 Å². The zero-order chi connectivity index (χ0) is 13.5. The molecule has 0 saturated carbocycles. The third kappa shape index (κ3) is 5.98. The molecule has 0 aromatic carbocycles. The number of piperidine rings is 1. The number of carbonyl (C=O) groups excluding carboxylic acids is 1. The summed E-state index contributed by atoms with van der Waals surface area (Å²) in [4.78, 5) is 12.0. The first-order valence-corrected chi connectivity index (χ1v) is 7.81. The molecule has 0 radical (unpaired) electrons. The van der Waals surface area contributed by atoms with E-state index in [9.17, 15) is 4.79 Å². The van der Waals surface area contributed by atoms with E-state index < -0.39 is 0 Å². The second-order valence-electron chi connectivity index (χ2n) is 6.18. The van der Waals surface area contributed by atoms with Crippen LogP contribution in [-0.4, -0.2) is 38.8 Å². The minimum atomic E-state index is 0. The first-order chi connectivity index (χ1) is 9.25. The van der Waals surface area contributed by atoms with Crippen LogP contribution in [0.4, 0.5) is 0 Å². The maximum atomic E-state index is 12.0. The number of ether oxygens (including phenoxy) is 1. The van der Waals surface area contributed by atoms with Crippen LogP contribution < -0.4 is 10.6 Å². The largest absolute Gasteiger partial charge is 0.381 e. The molecule has 118 valence electrons. The van der Waals surface area contributed by atoms with Crippen molar-refractivity contribution in [2.24, 2.45) is 17.8 Å². The van der Waals surface area contributed by atoms with Crippen LogP contribution in [0.15, 0.2) is 0 Å². The molecule has 0 aliphatic carbocycles. The Bertz CT molecular complexity index is 277. The van der Waals surface area contributed by atoms with Gasteiger partial charge in [-0.1, -0.05) is 6.92 Å². The first kappa shape index (κ1) is 17.7. The molecule has 0 aromatic heterocycles. The fourth-order valence-electron chi connectivity index (χ4n) is 3.12. The Labute approximate surface area is 128 Å². The minimum absolute atomic E-state index is 0. The Kier molecular flexibility index (Phi) is 8.50.